The SMILES string of the molecule is OCC1COCCN1c1nc(Cl)nc2[nH]ncc12. The van der Waals surface area contributed by atoms with E-state index in [1.807, 2.05) is 4.90 Å². The molecule has 1 fully saturated rings. The van der Waals surface area contributed by atoms with Gasteiger partial charge in [0.15, 0.2) is 5.65 Å². The fraction of sp³-hybridized carbons (Fsp3) is 0.500. The standard InChI is InChI=1S/C10H12ClN5O2/c11-10-13-8-7(3-12-15-8)9(14-10)16-1-2-18-5-6(16)4-17/h3,6,17H,1-2,4-5H2,(H,12,13,14,15). The van der Waals surface area contributed by atoms with Gasteiger partial charge in [0.2, 0.25) is 5.28 Å². The molecule has 1 saturated heterocycles. The molecule has 1 aliphatic rings. The van der Waals surface area contributed by atoms with E-state index in [1.54, 1.807) is 6.20 Å². The lowest BCUT2D eigenvalue weighted by Gasteiger charge is -2.35. The first-order chi connectivity index (χ1) is 8.79. The zero-order valence-corrected chi connectivity index (χ0v) is 10.3. The fourth-order valence-corrected chi connectivity index (χ4v) is 2.26. The van der Waals surface area contributed by atoms with Gasteiger partial charge in [-0.25, -0.2) is 0 Å². The largest absolute Gasteiger partial charge is 0.394 e. The number of aromatic nitrogens is 4. The number of halogens is 1. The molecule has 3 heterocycles. The van der Waals surface area contributed by atoms with Gasteiger partial charge in [-0.1, -0.05) is 0 Å². The minimum absolute atomic E-state index is 0.000959. The van der Waals surface area contributed by atoms with Crippen molar-refractivity contribution >= 4 is 28.5 Å². The number of anilines is 1. The monoisotopic (exact) mass is 269 g/mol. The Morgan fingerprint density at radius 3 is 3.28 bits per heavy atom. The average Bonchev–Trinajstić information content (AvgIpc) is 2.85. The molecule has 0 bridgehead atoms. The molecular formula is C10H12ClN5O2. The number of rotatable bonds is 2. The average molecular weight is 270 g/mol. The van der Waals surface area contributed by atoms with Crippen molar-refractivity contribution in [3.05, 3.63) is 11.5 Å². The van der Waals surface area contributed by atoms with Crippen LogP contribution in [-0.4, -0.2) is 57.7 Å². The molecular weight excluding hydrogens is 258 g/mol. The highest BCUT2D eigenvalue weighted by Gasteiger charge is 2.26. The molecule has 0 amide bonds. The quantitative estimate of drug-likeness (QED) is 0.758. The number of H-pyrrole nitrogens is 1. The van der Waals surface area contributed by atoms with Crippen molar-refractivity contribution in [3.8, 4) is 0 Å². The second-order valence-corrected chi connectivity index (χ2v) is 4.39. The van der Waals surface area contributed by atoms with Crippen LogP contribution in [0.5, 0.6) is 0 Å². The number of nitrogens with one attached hydrogen (secondary N) is 1. The van der Waals surface area contributed by atoms with Crippen LogP contribution in [0.1, 0.15) is 0 Å². The lowest BCUT2D eigenvalue weighted by molar-refractivity contribution is 0.0724. The maximum atomic E-state index is 9.39. The van der Waals surface area contributed by atoms with E-state index in [2.05, 4.69) is 20.2 Å². The third-order valence-electron chi connectivity index (χ3n) is 2.97. The van der Waals surface area contributed by atoms with E-state index in [9.17, 15) is 5.11 Å². The van der Waals surface area contributed by atoms with Crippen LogP contribution in [0.2, 0.25) is 5.28 Å². The highest BCUT2D eigenvalue weighted by Crippen LogP contribution is 2.26. The minimum Gasteiger partial charge on any atom is -0.394 e. The zero-order valence-electron chi connectivity index (χ0n) is 9.51. The van der Waals surface area contributed by atoms with Gasteiger partial charge in [0.1, 0.15) is 5.82 Å². The van der Waals surface area contributed by atoms with Crippen LogP contribution in [0.15, 0.2) is 6.20 Å². The highest BCUT2D eigenvalue weighted by molar-refractivity contribution is 6.28. The van der Waals surface area contributed by atoms with Crippen molar-refractivity contribution in [2.45, 2.75) is 6.04 Å². The molecule has 1 atom stereocenters. The van der Waals surface area contributed by atoms with Gasteiger partial charge in [-0.2, -0.15) is 15.1 Å². The summed E-state index contributed by atoms with van der Waals surface area (Å²) in [6, 6.07) is -0.122. The molecule has 0 aromatic carbocycles. The molecule has 2 aromatic rings. The first kappa shape index (κ1) is 11.6. The van der Waals surface area contributed by atoms with E-state index in [4.69, 9.17) is 16.3 Å². The van der Waals surface area contributed by atoms with Crippen LogP contribution in [-0.2, 0) is 4.74 Å². The van der Waals surface area contributed by atoms with Gasteiger partial charge in [0.05, 0.1) is 37.4 Å². The molecule has 1 aliphatic heterocycles. The molecule has 0 aliphatic carbocycles. The van der Waals surface area contributed by atoms with Crippen molar-refractivity contribution in [1.29, 1.82) is 0 Å². The fourth-order valence-electron chi connectivity index (χ4n) is 2.10. The van der Waals surface area contributed by atoms with Crippen molar-refractivity contribution in [3.63, 3.8) is 0 Å². The van der Waals surface area contributed by atoms with Gasteiger partial charge in [-0.15, -0.1) is 0 Å². The number of aromatic amines is 1. The van der Waals surface area contributed by atoms with Crippen LogP contribution < -0.4 is 4.90 Å². The number of hydrogen-bond donors (Lipinski definition) is 2. The summed E-state index contributed by atoms with van der Waals surface area (Å²) in [6.07, 6.45) is 1.66. The summed E-state index contributed by atoms with van der Waals surface area (Å²) in [5, 5.41) is 17.1. The normalized spacial score (nSPS) is 20.6. The summed E-state index contributed by atoms with van der Waals surface area (Å²) in [5.41, 5.74) is 0.591. The number of ether oxygens (including phenoxy) is 1. The lowest BCUT2D eigenvalue weighted by Crippen LogP contribution is -2.48. The summed E-state index contributed by atoms with van der Waals surface area (Å²) in [5.74, 6) is 0.682. The first-order valence-corrected chi connectivity index (χ1v) is 5.99. The Hall–Kier alpha value is -1.44. The van der Waals surface area contributed by atoms with Gasteiger partial charge in [-0.3, -0.25) is 5.10 Å². The summed E-state index contributed by atoms with van der Waals surface area (Å²) in [4.78, 5) is 10.3. The van der Waals surface area contributed by atoms with Crippen molar-refractivity contribution in [2.24, 2.45) is 0 Å². The highest BCUT2D eigenvalue weighted by atomic mass is 35.5. The Morgan fingerprint density at radius 2 is 2.44 bits per heavy atom. The van der Waals surface area contributed by atoms with Crippen LogP contribution in [0.25, 0.3) is 11.0 Å². The lowest BCUT2D eigenvalue weighted by atomic mass is 10.2. The van der Waals surface area contributed by atoms with E-state index >= 15 is 0 Å². The number of hydrogen-bond acceptors (Lipinski definition) is 6. The number of aliphatic hydroxyl groups excluding tert-OH is 1. The Kier molecular flexibility index (Phi) is 3.02. The van der Waals surface area contributed by atoms with E-state index in [-0.39, 0.29) is 17.9 Å². The third-order valence-corrected chi connectivity index (χ3v) is 3.14. The Bertz CT molecular complexity index is 560. The van der Waals surface area contributed by atoms with Gasteiger partial charge in [0.25, 0.3) is 0 Å². The molecule has 0 saturated carbocycles. The molecule has 8 heteroatoms. The molecule has 0 spiro atoms. The van der Waals surface area contributed by atoms with Crippen molar-refractivity contribution in [2.75, 3.05) is 31.3 Å². The minimum atomic E-state index is -0.122. The molecule has 2 aromatic heterocycles. The van der Waals surface area contributed by atoms with E-state index in [0.29, 0.717) is 31.2 Å². The predicted octanol–water partition coefficient (Wildman–Crippen LogP) is 0.204. The first-order valence-electron chi connectivity index (χ1n) is 5.61. The molecule has 18 heavy (non-hydrogen) atoms. The van der Waals surface area contributed by atoms with Gasteiger partial charge in [-0.05, 0) is 11.6 Å². The third kappa shape index (κ3) is 1.90. The van der Waals surface area contributed by atoms with E-state index in [0.717, 1.165) is 5.39 Å². The van der Waals surface area contributed by atoms with E-state index in [1.165, 1.54) is 0 Å². The number of aliphatic hydroxyl groups is 1. The Balaban J connectivity index is 2.08. The van der Waals surface area contributed by atoms with Crippen LogP contribution in [0.3, 0.4) is 0 Å². The molecule has 2 N–H and O–H groups in total. The van der Waals surface area contributed by atoms with Gasteiger partial charge >= 0.3 is 0 Å². The maximum absolute atomic E-state index is 9.39. The Labute approximate surface area is 108 Å². The predicted molar refractivity (Wildman–Crippen MR) is 65.7 cm³/mol. The molecule has 96 valence electrons. The number of nitrogens with zero attached hydrogens (tertiary/aromatic N) is 4. The zero-order chi connectivity index (χ0) is 12.5. The maximum Gasteiger partial charge on any atom is 0.226 e. The Morgan fingerprint density at radius 1 is 1.56 bits per heavy atom. The summed E-state index contributed by atoms with van der Waals surface area (Å²) in [6.45, 7) is 1.72. The van der Waals surface area contributed by atoms with Gasteiger partial charge < -0.3 is 14.7 Å². The van der Waals surface area contributed by atoms with Crippen molar-refractivity contribution in [1.82, 2.24) is 20.2 Å². The van der Waals surface area contributed by atoms with Crippen molar-refractivity contribution < 1.29 is 9.84 Å². The van der Waals surface area contributed by atoms with Gasteiger partial charge in [0, 0.05) is 6.54 Å². The molecule has 1 unspecified atom stereocenters. The van der Waals surface area contributed by atoms with Crippen LogP contribution >= 0.6 is 11.6 Å². The number of morpholine rings is 1. The second-order valence-electron chi connectivity index (χ2n) is 4.05. The van der Waals surface area contributed by atoms with Crippen LogP contribution in [0, 0.1) is 0 Å². The summed E-state index contributed by atoms with van der Waals surface area (Å²) in [7, 11) is 0. The van der Waals surface area contributed by atoms with E-state index < -0.39 is 0 Å². The molecule has 7 nitrogen and oxygen atoms in total. The summed E-state index contributed by atoms with van der Waals surface area (Å²) >= 11 is 5.90. The molecule has 0 radical (unpaired) electrons. The topological polar surface area (TPSA) is 87.2 Å². The number of fused-ring (bicyclic) bond motifs is 1. The smallest absolute Gasteiger partial charge is 0.226 e. The van der Waals surface area contributed by atoms with Crippen LogP contribution in [0.4, 0.5) is 5.82 Å². The molecule has 3 rings (SSSR count). The summed E-state index contributed by atoms with van der Waals surface area (Å²) < 4.78 is 5.35. The second kappa shape index (κ2) is 4.68.